The number of aliphatic hydroxyl groups is 1. The fraction of sp³-hybridized carbons (Fsp3) is 0.481. The third-order valence-electron chi connectivity index (χ3n) is 12.9. The quantitative estimate of drug-likeness (QED) is 0.0650. The number of methoxy groups -OCH3 is 1. The first-order valence-corrected chi connectivity index (χ1v) is 24.5. The van der Waals surface area contributed by atoms with E-state index in [1.54, 1.807) is 36.2 Å². The average molecular weight is 964 g/mol. The number of ether oxygens (including phenoxy) is 3. The highest BCUT2D eigenvalue weighted by molar-refractivity contribution is 7.13. The maximum Gasteiger partial charge on any atom is 0.270 e. The number of allylic oxidation sites excluding steroid dienone is 1. The van der Waals surface area contributed by atoms with Crippen LogP contribution in [-0.4, -0.2) is 114 Å². The second kappa shape index (κ2) is 23.1. The van der Waals surface area contributed by atoms with E-state index in [9.17, 15) is 29.1 Å². The van der Waals surface area contributed by atoms with E-state index in [-0.39, 0.29) is 83.2 Å². The van der Waals surface area contributed by atoms with Gasteiger partial charge in [-0.3, -0.25) is 24.0 Å². The largest absolute Gasteiger partial charge is 0.495 e. The molecule has 3 heterocycles. The zero-order valence-electron chi connectivity index (χ0n) is 40.2. The van der Waals surface area contributed by atoms with Crippen LogP contribution in [0, 0.1) is 23.7 Å². The number of hydrogen-bond acceptors (Lipinski definition) is 12. The molecule has 3 fully saturated rings. The molecule has 1 spiro atoms. The molecule has 0 bridgehead atoms. The second-order valence-electron chi connectivity index (χ2n) is 19.5. The van der Waals surface area contributed by atoms with Gasteiger partial charge >= 0.3 is 0 Å². The molecule has 1 saturated heterocycles. The van der Waals surface area contributed by atoms with Crippen molar-refractivity contribution in [1.82, 2.24) is 36.1 Å². The summed E-state index contributed by atoms with van der Waals surface area (Å²) < 4.78 is 16.6. The number of carbonyl (C=O) groups is 5. The Morgan fingerprint density at radius 3 is 2.36 bits per heavy atom. The molecule has 3 atom stereocenters. The number of rotatable bonds is 22. The number of aliphatic hydroxyl groups excluding tert-OH is 1. The highest BCUT2D eigenvalue weighted by Crippen LogP contribution is 2.63. The zero-order valence-corrected chi connectivity index (χ0v) is 41.0. The molecule has 2 aliphatic carbocycles. The predicted octanol–water partition coefficient (Wildman–Crippen LogP) is 5.16. The van der Waals surface area contributed by atoms with E-state index in [2.05, 4.69) is 37.3 Å². The number of nitrogens with zero attached hydrogens (tertiary/aromatic N) is 3. The number of nitrogens with one attached hydrogen (secondary N) is 4. The summed E-state index contributed by atoms with van der Waals surface area (Å²) in [5.74, 6) is -0.668. The van der Waals surface area contributed by atoms with Crippen molar-refractivity contribution in [3.05, 3.63) is 106 Å². The van der Waals surface area contributed by atoms with Crippen LogP contribution in [0.3, 0.4) is 0 Å². The lowest BCUT2D eigenvalue weighted by molar-refractivity contribution is -0.144. The lowest BCUT2D eigenvalue weighted by Crippen LogP contribution is -2.58. The van der Waals surface area contributed by atoms with E-state index in [0.29, 0.717) is 22.8 Å². The van der Waals surface area contributed by atoms with Crippen molar-refractivity contribution in [2.75, 3.05) is 46.6 Å². The first-order chi connectivity index (χ1) is 33.1. The predicted molar refractivity (Wildman–Crippen MR) is 262 cm³/mol. The average Bonchev–Trinajstić information content (AvgIpc) is 3.85. The Morgan fingerprint density at radius 2 is 1.65 bits per heavy atom. The molecule has 0 unspecified atom stereocenters. The number of aromatic nitrogens is 2. The molecule has 0 radical (unpaired) electrons. The van der Waals surface area contributed by atoms with Crippen molar-refractivity contribution in [2.45, 2.75) is 97.5 Å². The zero-order chi connectivity index (χ0) is 49.1. The molecular weight excluding hydrogens is 899 g/mol. The minimum absolute atomic E-state index is 0.0326. The van der Waals surface area contributed by atoms with Gasteiger partial charge in [-0.15, -0.1) is 11.3 Å². The van der Waals surface area contributed by atoms with Crippen LogP contribution in [0.4, 0.5) is 0 Å². The minimum Gasteiger partial charge on any atom is -0.495 e. The van der Waals surface area contributed by atoms with E-state index in [4.69, 9.17) is 14.2 Å². The highest BCUT2D eigenvalue weighted by atomic mass is 32.1. The van der Waals surface area contributed by atoms with Crippen LogP contribution in [0.15, 0.2) is 72.4 Å². The Balaban J connectivity index is 0.770. The van der Waals surface area contributed by atoms with Gasteiger partial charge in [-0.25, -0.2) is 9.97 Å². The lowest BCUT2D eigenvalue weighted by Gasteiger charge is -2.35. The fourth-order valence-corrected chi connectivity index (χ4v) is 9.71. The first-order valence-electron chi connectivity index (χ1n) is 23.7. The van der Waals surface area contributed by atoms with Gasteiger partial charge in [0.25, 0.3) is 5.91 Å². The van der Waals surface area contributed by atoms with Crippen LogP contribution in [0.2, 0.25) is 0 Å². The Bertz CT molecular complexity index is 2470. The van der Waals surface area contributed by atoms with Crippen molar-refractivity contribution in [1.29, 1.82) is 0 Å². The number of benzene rings is 2. The smallest absolute Gasteiger partial charge is 0.270 e. The maximum atomic E-state index is 14.0. The highest BCUT2D eigenvalue weighted by Gasteiger charge is 2.51. The van der Waals surface area contributed by atoms with E-state index in [0.717, 1.165) is 38.4 Å². The molecular formula is C52H65N7O9S. The third kappa shape index (κ3) is 14.1. The van der Waals surface area contributed by atoms with Crippen molar-refractivity contribution in [3.8, 4) is 16.2 Å². The molecule has 16 nitrogen and oxygen atoms in total. The number of pyridine rings is 1. The van der Waals surface area contributed by atoms with Gasteiger partial charge < -0.3 is 45.5 Å². The van der Waals surface area contributed by atoms with Gasteiger partial charge in [0.15, 0.2) is 0 Å². The number of β-amino-alcohol motifs (C(OH)–C–C–N with tert-alkyl or cyclic N) is 1. The van der Waals surface area contributed by atoms with Crippen molar-refractivity contribution < 1.29 is 43.3 Å². The van der Waals surface area contributed by atoms with Crippen LogP contribution >= 0.6 is 11.3 Å². The van der Waals surface area contributed by atoms with Gasteiger partial charge in [0.1, 0.15) is 30.1 Å². The number of thiazole rings is 1. The Kier molecular flexibility index (Phi) is 17.0. The first kappa shape index (κ1) is 50.9. The summed E-state index contributed by atoms with van der Waals surface area (Å²) in [4.78, 5) is 77.2. The van der Waals surface area contributed by atoms with Gasteiger partial charge in [0, 0.05) is 38.2 Å². The number of aryl methyl sites for hydroxylation is 1. The summed E-state index contributed by atoms with van der Waals surface area (Å²) in [5.41, 5.74) is 7.34. The molecule has 2 aromatic heterocycles. The van der Waals surface area contributed by atoms with E-state index >= 15 is 0 Å². The third-order valence-corrected chi connectivity index (χ3v) is 13.9. The number of hydrogen-bond donors (Lipinski definition) is 5. The molecule has 1 aliphatic heterocycles. The summed E-state index contributed by atoms with van der Waals surface area (Å²) in [6.45, 7) is 8.32. The fourth-order valence-electron chi connectivity index (χ4n) is 8.90. The SMILES string of the molecule is COc1cnc(C(=O)NCc2cccc(CC(=O)NCCOCCOCC(=O)N[C@H](C(=O)N3C[C@H](O)C[C@H]3C(=O)NCc3ccc(-c4scnc4C)cc3)C(C)(C)C)c2)cc1/C=C/C1CC2(CC2)C1. The van der Waals surface area contributed by atoms with Gasteiger partial charge in [-0.05, 0) is 77.7 Å². The number of carbonyl (C=O) groups excluding carboxylic acids is 5. The topological polar surface area (TPSA) is 210 Å². The van der Waals surface area contributed by atoms with Crippen LogP contribution in [0.5, 0.6) is 5.75 Å². The van der Waals surface area contributed by atoms with Crippen LogP contribution in [0.25, 0.3) is 16.5 Å². The van der Waals surface area contributed by atoms with E-state index < -0.39 is 35.4 Å². The van der Waals surface area contributed by atoms with Crippen molar-refractivity contribution in [2.24, 2.45) is 16.7 Å². The molecule has 5 amide bonds. The summed E-state index contributed by atoms with van der Waals surface area (Å²) >= 11 is 1.57. The monoisotopic (exact) mass is 963 g/mol. The Hall–Kier alpha value is -6.01. The van der Waals surface area contributed by atoms with Crippen molar-refractivity contribution in [3.63, 3.8) is 0 Å². The summed E-state index contributed by atoms with van der Waals surface area (Å²) in [7, 11) is 1.59. The normalized spacial score (nSPS) is 17.9. The van der Waals surface area contributed by atoms with Crippen LogP contribution in [-0.2, 0) is 48.2 Å². The molecule has 3 aliphatic rings. The molecule has 5 N–H and O–H groups in total. The molecule has 368 valence electrons. The molecule has 2 saturated carbocycles. The Morgan fingerprint density at radius 1 is 0.913 bits per heavy atom. The minimum atomic E-state index is -0.991. The molecule has 4 aromatic rings. The molecule has 7 rings (SSSR count). The standard InChI is InChI=1S/C52H65N7O9S/c1-33-46(69-32-57-33)38-12-9-34(10-13-38)27-56-49(64)42-24-40(60)30-59(42)50(65)47(51(2,3)4)58-45(62)31-68-20-19-67-18-17-53-44(61)22-35-7-6-8-36(21-35)28-55-48(63)41-23-39(43(66-5)29-54-41)14-11-37-25-52(26-37)15-16-52/h6-14,21,23,29,32,37,40,42,47,60H,15-20,22,24-28,30-31H2,1-5H3,(H,53,61)(H,55,63)(H,56,64)(H,58,62)/b14-11+/t40-,42+,47-/m1/s1. The number of amides is 5. The summed E-state index contributed by atoms with van der Waals surface area (Å²) in [5, 5.41) is 22.0. The van der Waals surface area contributed by atoms with Gasteiger partial charge in [0.2, 0.25) is 23.6 Å². The maximum absolute atomic E-state index is 14.0. The molecule has 17 heteroatoms. The lowest BCUT2D eigenvalue weighted by atomic mass is 9.72. The van der Waals surface area contributed by atoms with E-state index in [1.165, 1.54) is 30.6 Å². The number of likely N-dealkylation sites (tertiary alicyclic amines) is 1. The van der Waals surface area contributed by atoms with Crippen LogP contribution in [0.1, 0.15) is 91.3 Å². The van der Waals surface area contributed by atoms with Crippen LogP contribution < -0.4 is 26.0 Å². The van der Waals surface area contributed by atoms with E-state index in [1.807, 2.05) is 82.3 Å². The Labute approximate surface area is 408 Å². The van der Waals surface area contributed by atoms with Gasteiger partial charge in [-0.2, -0.15) is 0 Å². The van der Waals surface area contributed by atoms with Gasteiger partial charge in [0.05, 0.1) is 61.7 Å². The van der Waals surface area contributed by atoms with Gasteiger partial charge in [-0.1, -0.05) is 81.5 Å². The summed E-state index contributed by atoms with van der Waals surface area (Å²) in [6.07, 6.45) is 10.3. The van der Waals surface area contributed by atoms with Crippen molar-refractivity contribution >= 4 is 46.9 Å². The molecule has 2 aromatic carbocycles. The molecule has 69 heavy (non-hydrogen) atoms. The second-order valence-corrected chi connectivity index (χ2v) is 20.3. The summed E-state index contributed by atoms with van der Waals surface area (Å²) in [6, 6.07) is 15.2.